The molecule has 34 heavy (non-hydrogen) atoms. The first-order chi connectivity index (χ1) is 16.2. The van der Waals surface area contributed by atoms with E-state index in [1.807, 2.05) is 0 Å². The number of rotatable bonds is 7. The zero-order chi connectivity index (χ0) is 24.4. The van der Waals surface area contributed by atoms with Crippen molar-refractivity contribution in [2.75, 3.05) is 5.32 Å². The molecule has 0 saturated carbocycles. The Morgan fingerprint density at radius 3 is 2.29 bits per heavy atom. The van der Waals surface area contributed by atoms with E-state index in [1.54, 1.807) is 65.8 Å². The normalized spacial score (nSPS) is 10.9. The Kier molecular flexibility index (Phi) is 6.55. The Hall–Kier alpha value is -3.86. The Labute approximate surface area is 202 Å². The van der Waals surface area contributed by atoms with E-state index in [1.165, 1.54) is 12.1 Å². The Morgan fingerprint density at radius 1 is 1.06 bits per heavy atom. The number of nitrogens with one attached hydrogen (secondary N) is 1. The van der Waals surface area contributed by atoms with Crippen molar-refractivity contribution in [1.29, 1.82) is 0 Å². The van der Waals surface area contributed by atoms with Gasteiger partial charge >= 0.3 is 5.69 Å². The molecule has 0 atom stereocenters. The molecule has 0 aliphatic heterocycles. The minimum Gasteiger partial charge on any atom is -0.304 e. The van der Waals surface area contributed by atoms with Crippen LogP contribution in [0.4, 0.5) is 15.9 Å². The van der Waals surface area contributed by atoms with Gasteiger partial charge in [0.15, 0.2) is 5.82 Å². The summed E-state index contributed by atoms with van der Waals surface area (Å²) in [6.07, 6.45) is 1.73. The van der Waals surface area contributed by atoms with Gasteiger partial charge in [-0.25, -0.2) is 4.39 Å². The maximum absolute atomic E-state index is 13.1. The second-order valence-corrected chi connectivity index (χ2v) is 8.59. The van der Waals surface area contributed by atoms with Crippen molar-refractivity contribution in [2.45, 2.75) is 26.9 Å². The van der Waals surface area contributed by atoms with Crippen LogP contribution in [-0.4, -0.2) is 30.4 Å². The smallest absolute Gasteiger partial charge is 0.304 e. The van der Waals surface area contributed by atoms with Gasteiger partial charge in [0.2, 0.25) is 0 Å². The molecule has 0 spiro atoms. The van der Waals surface area contributed by atoms with Crippen LogP contribution in [0, 0.1) is 29.8 Å². The molecule has 0 unspecified atom stereocenters. The number of halogens is 2. The third kappa shape index (κ3) is 5.04. The Morgan fingerprint density at radius 2 is 1.68 bits per heavy atom. The molecule has 0 aliphatic rings. The molecule has 2 aromatic heterocycles. The molecule has 1 amide bonds. The third-order valence-corrected chi connectivity index (χ3v) is 5.86. The number of nitrogens with zero attached hydrogens (tertiary/aromatic N) is 5. The summed E-state index contributed by atoms with van der Waals surface area (Å²) in [6.45, 7) is 4.04. The highest BCUT2D eigenvalue weighted by Gasteiger charge is 2.21. The molecule has 0 saturated heterocycles. The summed E-state index contributed by atoms with van der Waals surface area (Å²) in [6, 6.07) is 13.0. The van der Waals surface area contributed by atoms with Crippen molar-refractivity contribution in [2.24, 2.45) is 0 Å². The second kappa shape index (κ2) is 9.56. The molecule has 174 valence electrons. The predicted molar refractivity (Wildman–Crippen MR) is 127 cm³/mol. The number of carbonyl (C=O) groups is 1. The van der Waals surface area contributed by atoms with Crippen molar-refractivity contribution in [3.8, 4) is 0 Å². The topological polar surface area (TPSA) is 108 Å². The molecule has 4 rings (SSSR count). The highest BCUT2D eigenvalue weighted by Crippen LogP contribution is 2.24. The fourth-order valence-electron chi connectivity index (χ4n) is 3.56. The standard InChI is InChI=1S/C23H20BrFN6O3/c1-14-21(31(33)34)15(2)30(27-14)12-17-3-7-18(8-4-17)23(32)26-22-20(24)13-29(28-22)11-16-5-9-19(25)10-6-16/h3-10,13H,11-12H2,1-2H3,(H,26,28,32). The van der Waals surface area contributed by atoms with Gasteiger partial charge in [-0.15, -0.1) is 0 Å². The summed E-state index contributed by atoms with van der Waals surface area (Å²) in [4.78, 5) is 23.5. The van der Waals surface area contributed by atoms with Crippen LogP contribution in [0.15, 0.2) is 59.2 Å². The van der Waals surface area contributed by atoms with Gasteiger partial charge in [-0.3, -0.25) is 24.3 Å². The van der Waals surface area contributed by atoms with E-state index in [2.05, 4.69) is 31.4 Å². The van der Waals surface area contributed by atoms with Crippen LogP contribution in [0.5, 0.6) is 0 Å². The highest BCUT2D eigenvalue weighted by atomic mass is 79.9. The lowest BCUT2D eigenvalue weighted by Crippen LogP contribution is -2.13. The third-order valence-electron chi connectivity index (χ3n) is 5.28. The number of aromatic nitrogens is 4. The van der Waals surface area contributed by atoms with Gasteiger partial charge in [0.05, 0.1) is 22.5 Å². The number of carbonyl (C=O) groups excluding carboxylic acids is 1. The van der Waals surface area contributed by atoms with Crippen LogP contribution in [0.3, 0.4) is 0 Å². The highest BCUT2D eigenvalue weighted by molar-refractivity contribution is 9.10. The number of aryl methyl sites for hydroxylation is 1. The van der Waals surface area contributed by atoms with Crippen LogP contribution in [0.1, 0.15) is 32.9 Å². The number of hydrogen-bond donors (Lipinski definition) is 1. The molecular formula is C23H20BrFN6O3. The summed E-state index contributed by atoms with van der Waals surface area (Å²) in [5.74, 6) is -0.271. The van der Waals surface area contributed by atoms with Crippen molar-refractivity contribution < 1.29 is 14.1 Å². The summed E-state index contributed by atoms with van der Waals surface area (Å²) >= 11 is 3.40. The van der Waals surface area contributed by atoms with Crippen molar-refractivity contribution in [3.05, 3.63) is 103 Å². The van der Waals surface area contributed by atoms with Crippen LogP contribution >= 0.6 is 15.9 Å². The fourth-order valence-corrected chi connectivity index (χ4v) is 3.97. The minimum atomic E-state index is -0.430. The molecule has 0 aliphatic carbocycles. The summed E-state index contributed by atoms with van der Waals surface area (Å²) in [7, 11) is 0. The van der Waals surface area contributed by atoms with E-state index in [4.69, 9.17) is 0 Å². The summed E-state index contributed by atoms with van der Waals surface area (Å²) in [5, 5.41) is 22.6. The quantitative estimate of drug-likeness (QED) is 0.273. The van der Waals surface area contributed by atoms with Gasteiger partial charge in [0.1, 0.15) is 17.2 Å². The molecule has 1 N–H and O–H groups in total. The zero-order valence-electron chi connectivity index (χ0n) is 18.3. The van der Waals surface area contributed by atoms with Crippen LogP contribution in [0.2, 0.25) is 0 Å². The van der Waals surface area contributed by atoms with Crippen molar-refractivity contribution in [1.82, 2.24) is 19.6 Å². The molecule has 0 radical (unpaired) electrons. The zero-order valence-corrected chi connectivity index (χ0v) is 19.9. The average Bonchev–Trinajstić information content (AvgIpc) is 3.27. The molecule has 0 bridgehead atoms. The molecule has 4 aromatic rings. The van der Waals surface area contributed by atoms with E-state index >= 15 is 0 Å². The largest absolute Gasteiger partial charge is 0.312 e. The molecule has 2 heterocycles. The monoisotopic (exact) mass is 526 g/mol. The first-order valence-electron chi connectivity index (χ1n) is 10.3. The van der Waals surface area contributed by atoms with Gasteiger partial charge in [0.25, 0.3) is 5.91 Å². The number of nitro groups is 1. The molecule has 0 fully saturated rings. The number of amides is 1. The van der Waals surface area contributed by atoms with Gasteiger partial charge < -0.3 is 5.32 Å². The minimum absolute atomic E-state index is 0.0143. The van der Waals surface area contributed by atoms with Crippen molar-refractivity contribution in [3.63, 3.8) is 0 Å². The first kappa shape index (κ1) is 23.3. The lowest BCUT2D eigenvalue weighted by molar-refractivity contribution is -0.386. The average molecular weight is 527 g/mol. The van der Waals surface area contributed by atoms with Gasteiger partial charge in [-0.1, -0.05) is 24.3 Å². The predicted octanol–water partition coefficient (Wildman–Crippen LogP) is 4.86. The van der Waals surface area contributed by atoms with E-state index < -0.39 is 4.92 Å². The lowest BCUT2D eigenvalue weighted by Gasteiger charge is -2.07. The van der Waals surface area contributed by atoms with Crippen LogP contribution < -0.4 is 5.32 Å². The number of hydrogen-bond acceptors (Lipinski definition) is 5. The molecule has 2 aromatic carbocycles. The van der Waals surface area contributed by atoms with Crippen LogP contribution in [0.25, 0.3) is 0 Å². The van der Waals surface area contributed by atoms with E-state index in [0.717, 1.165) is 11.1 Å². The molecule has 11 heteroatoms. The number of anilines is 1. The SMILES string of the molecule is Cc1nn(Cc2ccc(C(=O)Nc3nn(Cc4ccc(F)cc4)cc3Br)cc2)c(C)c1[N+](=O)[O-]. The Bertz CT molecular complexity index is 1360. The molecule has 9 nitrogen and oxygen atoms in total. The van der Waals surface area contributed by atoms with Gasteiger partial charge in [0, 0.05) is 11.8 Å². The van der Waals surface area contributed by atoms with Crippen LogP contribution in [-0.2, 0) is 13.1 Å². The first-order valence-corrected chi connectivity index (χ1v) is 11.1. The van der Waals surface area contributed by atoms with Gasteiger partial charge in [-0.05, 0) is 65.2 Å². The molecular weight excluding hydrogens is 507 g/mol. The van der Waals surface area contributed by atoms with E-state index in [9.17, 15) is 19.3 Å². The number of benzene rings is 2. The Balaban J connectivity index is 1.42. The maximum Gasteiger partial charge on any atom is 0.312 e. The maximum atomic E-state index is 13.1. The van der Waals surface area contributed by atoms with E-state index in [0.29, 0.717) is 40.3 Å². The summed E-state index contributed by atoms with van der Waals surface area (Å²) < 4.78 is 16.9. The second-order valence-electron chi connectivity index (χ2n) is 7.73. The van der Waals surface area contributed by atoms with Gasteiger partial charge in [-0.2, -0.15) is 10.2 Å². The fraction of sp³-hybridized carbons (Fsp3) is 0.174. The lowest BCUT2D eigenvalue weighted by atomic mass is 10.1. The summed E-state index contributed by atoms with van der Waals surface area (Å²) in [5.41, 5.74) is 3.01. The van der Waals surface area contributed by atoms with Crippen molar-refractivity contribution >= 4 is 33.3 Å². The van der Waals surface area contributed by atoms with E-state index in [-0.39, 0.29) is 17.4 Å².